The Kier molecular flexibility index (Phi) is 6.28. The minimum Gasteiger partial charge on any atom is -0.369 e. The van der Waals surface area contributed by atoms with Gasteiger partial charge in [-0.25, -0.2) is 0 Å². The number of carbonyl (C=O) groups excluding carboxylic acids is 2. The van der Waals surface area contributed by atoms with Crippen LogP contribution in [0.1, 0.15) is 34.1 Å². The molecule has 2 atom stereocenters. The van der Waals surface area contributed by atoms with Crippen LogP contribution in [0.25, 0.3) is 0 Å². The van der Waals surface area contributed by atoms with Crippen LogP contribution in [0.3, 0.4) is 0 Å². The van der Waals surface area contributed by atoms with Crippen LogP contribution in [-0.2, 0) is 14.3 Å². The van der Waals surface area contributed by atoms with E-state index in [0.29, 0.717) is 12.5 Å². The van der Waals surface area contributed by atoms with E-state index in [1.165, 1.54) is 0 Å². The summed E-state index contributed by atoms with van der Waals surface area (Å²) in [6, 6.07) is 0. The molecule has 0 aromatic carbocycles. The van der Waals surface area contributed by atoms with E-state index in [-0.39, 0.29) is 36.4 Å². The van der Waals surface area contributed by atoms with Crippen LogP contribution in [0.2, 0.25) is 0 Å². The fourth-order valence-corrected chi connectivity index (χ4v) is 1.77. The van der Waals surface area contributed by atoms with Gasteiger partial charge in [-0.15, -0.1) is 0 Å². The Morgan fingerprint density at radius 3 is 2.47 bits per heavy atom. The Bertz CT molecular complexity index is 316. The minimum atomic E-state index is -0.109. The summed E-state index contributed by atoms with van der Waals surface area (Å²) in [6.07, 6.45) is 0.927. The topological polar surface area (TPSA) is 67.4 Å². The zero-order valence-corrected chi connectivity index (χ0v) is 12.4. The largest absolute Gasteiger partial charge is 0.369 e. The first-order valence-corrected chi connectivity index (χ1v) is 7.06. The number of amides is 2. The molecule has 2 amide bonds. The van der Waals surface area contributed by atoms with Gasteiger partial charge in [-0.3, -0.25) is 9.59 Å². The SMILES string of the molecule is CC(C)CNC(=O)C1CC1CNC(=O)COC(C)C. The van der Waals surface area contributed by atoms with Crippen molar-refractivity contribution in [2.75, 3.05) is 19.7 Å². The molecule has 1 rings (SSSR count). The van der Waals surface area contributed by atoms with Crippen molar-refractivity contribution in [3.05, 3.63) is 0 Å². The van der Waals surface area contributed by atoms with Crippen LogP contribution in [0, 0.1) is 17.8 Å². The summed E-state index contributed by atoms with van der Waals surface area (Å²) in [5.41, 5.74) is 0. The van der Waals surface area contributed by atoms with Crippen LogP contribution in [0.15, 0.2) is 0 Å². The monoisotopic (exact) mass is 270 g/mol. The van der Waals surface area contributed by atoms with Gasteiger partial charge < -0.3 is 15.4 Å². The molecule has 1 fully saturated rings. The van der Waals surface area contributed by atoms with Crippen molar-refractivity contribution in [2.24, 2.45) is 17.8 Å². The van der Waals surface area contributed by atoms with Gasteiger partial charge in [0.2, 0.25) is 11.8 Å². The van der Waals surface area contributed by atoms with Crippen molar-refractivity contribution in [2.45, 2.75) is 40.2 Å². The van der Waals surface area contributed by atoms with Crippen LogP contribution < -0.4 is 10.6 Å². The molecule has 0 bridgehead atoms. The van der Waals surface area contributed by atoms with Crippen LogP contribution in [0.4, 0.5) is 0 Å². The molecule has 5 heteroatoms. The van der Waals surface area contributed by atoms with Crippen LogP contribution >= 0.6 is 0 Å². The lowest BCUT2D eigenvalue weighted by Gasteiger charge is -2.09. The van der Waals surface area contributed by atoms with E-state index in [0.717, 1.165) is 13.0 Å². The second-order valence-corrected chi connectivity index (χ2v) is 5.91. The fraction of sp³-hybridized carbons (Fsp3) is 0.857. The molecule has 0 saturated heterocycles. The highest BCUT2D eigenvalue weighted by atomic mass is 16.5. The van der Waals surface area contributed by atoms with Crippen molar-refractivity contribution >= 4 is 11.8 Å². The summed E-state index contributed by atoms with van der Waals surface area (Å²) in [6.45, 7) is 9.30. The molecule has 0 aliphatic heterocycles. The van der Waals surface area contributed by atoms with Gasteiger partial charge in [0, 0.05) is 19.0 Å². The normalized spacial score (nSPS) is 21.6. The van der Waals surface area contributed by atoms with Crippen molar-refractivity contribution in [1.29, 1.82) is 0 Å². The molecule has 2 unspecified atom stereocenters. The summed E-state index contributed by atoms with van der Waals surface area (Å²) >= 11 is 0. The maximum absolute atomic E-state index is 11.7. The molecule has 19 heavy (non-hydrogen) atoms. The molecule has 1 aliphatic rings. The van der Waals surface area contributed by atoms with E-state index >= 15 is 0 Å². The Balaban J connectivity index is 2.10. The Morgan fingerprint density at radius 2 is 1.89 bits per heavy atom. The number of rotatable bonds is 8. The average Bonchev–Trinajstić information content (AvgIpc) is 3.10. The summed E-state index contributed by atoms with van der Waals surface area (Å²) in [5.74, 6) is 0.836. The fourth-order valence-electron chi connectivity index (χ4n) is 1.77. The molecule has 5 nitrogen and oxygen atoms in total. The van der Waals surface area contributed by atoms with Crippen LogP contribution in [-0.4, -0.2) is 37.6 Å². The number of ether oxygens (including phenoxy) is 1. The molecule has 0 radical (unpaired) electrons. The molecular formula is C14H26N2O3. The third-order valence-corrected chi connectivity index (χ3v) is 3.05. The van der Waals surface area contributed by atoms with E-state index in [2.05, 4.69) is 24.5 Å². The Hall–Kier alpha value is -1.10. The molecule has 0 aromatic rings. The maximum atomic E-state index is 11.7. The smallest absolute Gasteiger partial charge is 0.246 e. The van der Waals surface area contributed by atoms with Crippen LogP contribution in [0.5, 0.6) is 0 Å². The number of hydrogen-bond donors (Lipinski definition) is 2. The maximum Gasteiger partial charge on any atom is 0.246 e. The van der Waals surface area contributed by atoms with Gasteiger partial charge in [-0.05, 0) is 32.1 Å². The highest BCUT2D eigenvalue weighted by Crippen LogP contribution is 2.37. The van der Waals surface area contributed by atoms with Gasteiger partial charge >= 0.3 is 0 Å². The third-order valence-electron chi connectivity index (χ3n) is 3.05. The summed E-state index contributed by atoms with van der Waals surface area (Å²) in [4.78, 5) is 23.2. The predicted octanol–water partition coefficient (Wildman–Crippen LogP) is 0.936. The molecule has 1 saturated carbocycles. The first-order valence-electron chi connectivity index (χ1n) is 7.06. The Labute approximate surface area is 115 Å². The minimum absolute atomic E-state index is 0.0567. The van der Waals surface area contributed by atoms with Gasteiger partial charge in [0.05, 0.1) is 6.10 Å². The lowest BCUT2D eigenvalue weighted by atomic mass is 10.2. The van der Waals surface area contributed by atoms with Crippen molar-refractivity contribution in [3.63, 3.8) is 0 Å². The average molecular weight is 270 g/mol. The number of nitrogens with one attached hydrogen (secondary N) is 2. The van der Waals surface area contributed by atoms with E-state index in [1.54, 1.807) is 0 Å². The molecule has 0 aromatic heterocycles. The van der Waals surface area contributed by atoms with E-state index < -0.39 is 0 Å². The van der Waals surface area contributed by atoms with Crippen molar-refractivity contribution in [1.82, 2.24) is 10.6 Å². The summed E-state index contributed by atoms with van der Waals surface area (Å²) in [5, 5.41) is 5.73. The number of carbonyl (C=O) groups is 2. The lowest BCUT2D eigenvalue weighted by Crippen LogP contribution is -2.33. The van der Waals surface area contributed by atoms with Gasteiger partial charge in [0.1, 0.15) is 6.61 Å². The second kappa shape index (κ2) is 7.48. The summed E-state index contributed by atoms with van der Waals surface area (Å²) < 4.78 is 5.20. The van der Waals surface area contributed by atoms with E-state index in [4.69, 9.17) is 4.74 Å². The zero-order chi connectivity index (χ0) is 14.4. The highest BCUT2D eigenvalue weighted by molar-refractivity contribution is 5.82. The highest BCUT2D eigenvalue weighted by Gasteiger charge is 2.42. The lowest BCUT2D eigenvalue weighted by molar-refractivity contribution is -0.127. The number of hydrogen-bond acceptors (Lipinski definition) is 3. The van der Waals surface area contributed by atoms with Gasteiger partial charge in [-0.2, -0.15) is 0 Å². The van der Waals surface area contributed by atoms with Crippen molar-refractivity contribution in [3.8, 4) is 0 Å². The molecule has 2 N–H and O–H groups in total. The van der Waals surface area contributed by atoms with Gasteiger partial charge in [0.25, 0.3) is 0 Å². The quantitative estimate of drug-likeness (QED) is 0.689. The second-order valence-electron chi connectivity index (χ2n) is 5.91. The first kappa shape index (κ1) is 16.0. The Morgan fingerprint density at radius 1 is 1.21 bits per heavy atom. The van der Waals surface area contributed by atoms with Crippen molar-refractivity contribution < 1.29 is 14.3 Å². The summed E-state index contributed by atoms with van der Waals surface area (Å²) in [7, 11) is 0. The molecule has 110 valence electrons. The van der Waals surface area contributed by atoms with E-state index in [1.807, 2.05) is 13.8 Å². The van der Waals surface area contributed by atoms with Gasteiger partial charge in [-0.1, -0.05) is 13.8 Å². The van der Waals surface area contributed by atoms with E-state index in [9.17, 15) is 9.59 Å². The molecule has 0 spiro atoms. The zero-order valence-electron chi connectivity index (χ0n) is 12.4. The standard InChI is InChI=1S/C14H26N2O3/c1-9(2)6-16-14(18)12-5-11(12)7-15-13(17)8-19-10(3)4/h9-12H,5-8H2,1-4H3,(H,15,17)(H,16,18). The molecular weight excluding hydrogens is 244 g/mol. The third kappa shape index (κ3) is 6.57. The molecule has 0 heterocycles. The first-order chi connectivity index (χ1) is 8.90. The van der Waals surface area contributed by atoms with Gasteiger partial charge in [0.15, 0.2) is 0 Å². The predicted molar refractivity (Wildman–Crippen MR) is 73.5 cm³/mol. The molecule has 1 aliphatic carbocycles.